The molecule has 1 N–H and O–H groups in total. The number of nitrogens with zero attached hydrogens (tertiary/aromatic N) is 1. The summed E-state index contributed by atoms with van der Waals surface area (Å²) >= 11 is 0. The van der Waals surface area contributed by atoms with Crippen LogP contribution in [0.4, 0.5) is 5.69 Å². The van der Waals surface area contributed by atoms with Gasteiger partial charge in [0.05, 0.1) is 11.3 Å². The van der Waals surface area contributed by atoms with Gasteiger partial charge in [0.2, 0.25) is 0 Å². The van der Waals surface area contributed by atoms with Crippen LogP contribution in [0.15, 0.2) is 36.4 Å². The van der Waals surface area contributed by atoms with Crippen molar-refractivity contribution in [2.45, 2.75) is 13.1 Å². The van der Waals surface area contributed by atoms with E-state index in [9.17, 15) is 9.59 Å². The Bertz CT molecular complexity index is 781. The van der Waals surface area contributed by atoms with Crippen LogP contribution in [-0.2, 0) is 17.9 Å². The van der Waals surface area contributed by atoms with Gasteiger partial charge >= 0.3 is 0 Å². The van der Waals surface area contributed by atoms with Crippen molar-refractivity contribution in [2.75, 3.05) is 12.4 Å². The molecule has 0 atom stereocenters. The normalized spacial score (nSPS) is 16.8. The second kappa shape index (κ2) is 4.27. The zero-order valence-electron chi connectivity index (χ0n) is 11.6. The molecule has 0 aliphatic carbocycles. The summed E-state index contributed by atoms with van der Waals surface area (Å²) in [6.45, 7) is 1.59. The van der Waals surface area contributed by atoms with Crippen LogP contribution in [0, 0.1) is 0 Å². The Labute approximate surface area is 122 Å². The fraction of sp³-hybridized carbons (Fsp3) is 0.176. The van der Waals surface area contributed by atoms with Gasteiger partial charge in [-0.2, -0.15) is 0 Å². The van der Waals surface area contributed by atoms with E-state index >= 15 is 0 Å². The van der Waals surface area contributed by atoms with Gasteiger partial charge in [-0.1, -0.05) is 30.3 Å². The first-order valence-electron chi connectivity index (χ1n) is 6.93. The number of carbonyl (C=O) groups excluding carboxylic acids is 2. The van der Waals surface area contributed by atoms with E-state index in [1.165, 1.54) is 5.56 Å². The maximum atomic E-state index is 12.0. The maximum Gasteiger partial charge on any atom is 0.296 e. The first kappa shape index (κ1) is 12.3. The van der Waals surface area contributed by atoms with Crippen LogP contribution in [0.2, 0.25) is 0 Å². The van der Waals surface area contributed by atoms with E-state index in [4.69, 9.17) is 0 Å². The summed E-state index contributed by atoms with van der Waals surface area (Å²) < 4.78 is 0. The Morgan fingerprint density at radius 3 is 2.48 bits per heavy atom. The largest absolute Gasteiger partial charge is 0.318 e. The van der Waals surface area contributed by atoms with Crippen molar-refractivity contribution < 1.29 is 9.59 Å². The lowest BCUT2D eigenvalue weighted by Gasteiger charge is -2.12. The van der Waals surface area contributed by atoms with Gasteiger partial charge in [-0.3, -0.25) is 14.5 Å². The second-order valence-corrected chi connectivity index (χ2v) is 5.63. The van der Waals surface area contributed by atoms with Gasteiger partial charge < -0.3 is 5.32 Å². The first-order chi connectivity index (χ1) is 10.1. The first-order valence-corrected chi connectivity index (χ1v) is 6.93. The monoisotopic (exact) mass is 278 g/mol. The summed E-state index contributed by atoms with van der Waals surface area (Å²) in [6.07, 6.45) is 0. The van der Waals surface area contributed by atoms with Crippen LogP contribution in [0.1, 0.15) is 21.5 Å². The molecular formula is C17H14N2O2. The summed E-state index contributed by atoms with van der Waals surface area (Å²) in [4.78, 5) is 25.9. The topological polar surface area (TPSA) is 49.4 Å². The number of benzene rings is 2. The Hall–Kier alpha value is -2.46. The molecule has 4 nitrogen and oxygen atoms in total. The van der Waals surface area contributed by atoms with Crippen molar-refractivity contribution >= 4 is 17.4 Å². The van der Waals surface area contributed by atoms with Crippen molar-refractivity contribution in [3.8, 4) is 11.1 Å². The number of anilines is 1. The van der Waals surface area contributed by atoms with Gasteiger partial charge in [-0.25, -0.2) is 0 Å². The Kier molecular flexibility index (Phi) is 2.50. The maximum absolute atomic E-state index is 12.0. The third kappa shape index (κ3) is 1.73. The lowest BCUT2D eigenvalue weighted by molar-refractivity contribution is -0.112. The van der Waals surface area contributed by atoms with Gasteiger partial charge in [-0.05, 0) is 35.4 Å². The Balaban J connectivity index is 2.00. The van der Waals surface area contributed by atoms with E-state index in [2.05, 4.69) is 10.2 Å². The number of ketones is 1. The molecule has 0 aromatic heterocycles. The molecule has 0 spiro atoms. The molecule has 0 unspecified atom stereocenters. The number of nitrogens with one attached hydrogen (secondary N) is 1. The fourth-order valence-corrected chi connectivity index (χ4v) is 3.22. The number of rotatable bonds is 1. The van der Waals surface area contributed by atoms with Crippen molar-refractivity contribution in [1.82, 2.24) is 4.90 Å². The molecule has 2 aromatic rings. The minimum Gasteiger partial charge on any atom is -0.318 e. The van der Waals surface area contributed by atoms with Gasteiger partial charge in [0.25, 0.3) is 11.7 Å². The van der Waals surface area contributed by atoms with Gasteiger partial charge in [0.1, 0.15) is 0 Å². The number of Topliss-reactive ketones (excluding diaryl/α,β-unsaturated/α-hetero) is 1. The highest BCUT2D eigenvalue weighted by atomic mass is 16.2. The Morgan fingerprint density at radius 1 is 1.00 bits per heavy atom. The minimum absolute atomic E-state index is 0.431. The number of hydrogen-bond acceptors (Lipinski definition) is 3. The summed E-state index contributed by atoms with van der Waals surface area (Å²) in [5.74, 6) is -0.952. The zero-order chi connectivity index (χ0) is 14.6. The molecule has 0 saturated carbocycles. The molecule has 2 heterocycles. The summed E-state index contributed by atoms with van der Waals surface area (Å²) in [6, 6.07) is 11.9. The predicted molar refractivity (Wildman–Crippen MR) is 80.0 cm³/mol. The van der Waals surface area contributed by atoms with Crippen molar-refractivity contribution in [1.29, 1.82) is 0 Å². The fourth-order valence-electron chi connectivity index (χ4n) is 3.22. The standard InChI is InChI=1S/C17H14N2O2/c1-19-8-13-11(10-5-3-2-4-6-10)7-12-15(14(13)9-19)18-17(21)16(12)20/h2-7H,8-9H2,1H3,(H,18,20,21). The number of amides is 1. The highest BCUT2D eigenvalue weighted by Crippen LogP contribution is 2.41. The van der Waals surface area contributed by atoms with E-state index in [1.807, 2.05) is 43.4 Å². The van der Waals surface area contributed by atoms with Crippen LogP contribution >= 0.6 is 0 Å². The van der Waals surface area contributed by atoms with Crippen LogP contribution < -0.4 is 5.32 Å². The van der Waals surface area contributed by atoms with Crippen molar-refractivity contribution in [3.63, 3.8) is 0 Å². The molecule has 0 fully saturated rings. The molecule has 0 bridgehead atoms. The molecule has 4 heteroatoms. The molecule has 0 saturated heterocycles. The van der Waals surface area contributed by atoms with Gasteiger partial charge in [0.15, 0.2) is 0 Å². The zero-order valence-corrected chi connectivity index (χ0v) is 11.6. The average Bonchev–Trinajstić information content (AvgIpc) is 3.00. The Morgan fingerprint density at radius 2 is 1.71 bits per heavy atom. The summed E-state index contributed by atoms with van der Waals surface area (Å²) in [7, 11) is 2.04. The van der Waals surface area contributed by atoms with Crippen LogP contribution in [0.5, 0.6) is 0 Å². The van der Waals surface area contributed by atoms with Gasteiger partial charge in [0, 0.05) is 13.1 Å². The van der Waals surface area contributed by atoms with E-state index in [0.717, 1.165) is 29.8 Å². The molecule has 2 aliphatic rings. The molecule has 2 aromatic carbocycles. The molecular weight excluding hydrogens is 264 g/mol. The summed E-state index contributed by atoms with van der Waals surface area (Å²) in [5, 5.41) is 2.73. The van der Waals surface area contributed by atoms with E-state index in [1.54, 1.807) is 0 Å². The molecule has 1 amide bonds. The SMILES string of the molecule is CN1Cc2c(-c3ccccc3)cc3c(c2C1)NC(=O)C3=O. The predicted octanol–water partition coefficient (Wildman–Crippen LogP) is 2.43. The van der Waals surface area contributed by atoms with Crippen LogP contribution in [0.3, 0.4) is 0 Å². The molecule has 4 rings (SSSR count). The average molecular weight is 278 g/mol. The van der Waals surface area contributed by atoms with E-state index < -0.39 is 11.7 Å². The van der Waals surface area contributed by atoms with Crippen LogP contribution in [0.25, 0.3) is 11.1 Å². The second-order valence-electron chi connectivity index (χ2n) is 5.63. The third-order valence-corrected chi connectivity index (χ3v) is 4.18. The van der Waals surface area contributed by atoms with E-state index in [-0.39, 0.29) is 0 Å². The number of hydrogen-bond donors (Lipinski definition) is 1. The van der Waals surface area contributed by atoms with Crippen molar-refractivity contribution in [2.24, 2.45) is 0 Å². The smallest absolute Gasteiger partial charge is 0.296 e. The molecule has 104 valence electrons. The molecule has 0 radical (unpaired) electrons. The molecule has 2 aliphatic heterocycles. The van der Waals surface area contributed by atoms with E-state index in [0.29, 0.717) is 11.3 Å². The molecule has 21 heavy (non-hydrogen) atoms. The number of fused-ring (bicyclic) bond motifs is 3. The lowest BCUT2D eigenvalue weighted by atomic mass is 9.92. The number of carbonyl (C=O) groups is 2. The summed E-state index contributed by atoms with van der Waals surface area (Å²) in [5.41, 5.74) is 5.64. The highest BCUT2D eigenvalue weighted by Gasteiger charge is 2.35. The van der Waals surface area contributed by atoms with Gasteiger partial charge in [-0.15, -0.1) is 0 Å². The third-order valence-electron chi connectivity index (χ3n) is 4.18. The highest BCUT2D eigenvalue weighted by molar-refractivity contribution is 6.52. The van der Waals surface area contributed by atoms with Crippen LogP contribution in [-0.4, -0.2) is 23.6 Å². The quantitative estimate of drug-likeness (QED) is 0.815. The lowest BCUT2D eigenvalue weighted by Crippen LogP contribution is -2.13. The minimum atomic E-state index is -0.521. The van der Waals surface area contributed by atoms with Crippen molar-refractivity contribution in [3.05, 3.63) is 53.1 Å².